The van der Waals surface area contributed by atoms with Crippen molar-refractivity contribution in [2.45, 2.75) is 192 Å². The van der Waals surface area contributed by atoms with Gasteiger partial charge in [-0.2, -0.15) is 0 Å². The van der Waals surface area contributed by atoms with Crippen LogP contribution in [0.1, 0.15) is 149 Å². The van der Waals surface area contributed by atoms with Crippen LogP contribution in [0.15, 0.2) is 0 Å². The molecule has 0 aromatic carbocycles. The van der Waals surface area contributed by atoms with Crippen LogP contribution in [0.4, 0.5) is 0 Å². The minimum atomic E-state index is -1.54. The largest absolute Gasteiger partial charge is 0.394 e. The number of ether oxygens (including phenoxy) is 2. The number of carbonyl (C=O) groups is 1. The number of unbranched alkanes of at least 4 members (excludes halogenated alkanes) is 17. The Labute approximate surface area is 255 Å². The topological polar surface area (TPSA) is 149 Å². The van der Waals surface area contributed by atoms with Gasteiger partial charge in [0.2, 0.25) is 5.91 Å². The summed E-state index contributed by atoms with van der Waals surface area (Å²) in [5, 5.41) is 53.7. The van der Waals surface area contributed by atoms with Gasteiger partial charge in [0.1, 0.15) is 24.4 Å². The van der Waals surface area contributed by atoms with Gasteiger partial charge in [0.25, 0.3) is 0 Å². The number of nitrogens with one attached hydrogen (secondary N) is 1. The Morgan fingerprint density at radius 3 is 1.69 bits per heavy atom. The lowest BCUT2D eigenvalue weighted by molar-refractivity contribution is -0.302. The fourth-order valence-electron chi connectivity index (χ4n) is 5.57. The first-order chi connectivity index (χ1) is 20.3. The van der Waals surface area contributed by atoms with Gasteiger partial charge in [0, 0.05) is 6.42 Å². The summed E-state index contributed by atoms with van der Waals surface area (Å²) in [6, 6.07) is -0.706. The van der Waals surface area contributed by atoms with Crippen molar-refractivity contribution < 1.29 is 39.8 Å². The zero-order chi connectivity index (χ0) is 31.0. The van der Waals surface area contributed by atoms with Gasteiger partial charge in [-0.15, -0.1) is 0 Å². The molecule has 250 valence electrons. The van der Waals surface area contributed by atoms with Crippen molar-refractivity contribution in [1.29, 1.82) is 0 Å². The smallest absolute Gasteiger partial charge is 0.220 e. The number of hydrogen-bond acceptors (Lipinski definition) is 8. The maximum atomic E-state index is 12.7. The zero-order valence-corrected chi connectivity index (χ0v) is 26.8. The predicted molar refractivity (Wildman–Crippen MR) is 166 cm³/mol. The summed E-state index contributed by atoms with van der Waals surface area (Å²) < 4.78 is 11.1. The molecule has 1 saturated heterocycles. The van der Waals surface area contributed by atoms with Crippen LogP contribution < -0.4 is 5.32 Å². The molecule has 1 fully saturated rings. The number of carbonyl (C=O) groups excluding carboxylic acids is 1. The maximum Gasteiger partial charge on any atom is 0.220 e. The fraction of sp³-hybridized carbons (Fsp3) is 0.970. The Bertz CT molecular complexity index is 637. The van der Waals surface area contributed by atoms with Crippen molar-refractivity contribution in [2.75, 3.05) is 13.2 Å². The minimum absolute atomic E-state index is 0.134. The van der Waals surface area contributed by atoms with E-state index in [1.807, 2.05) is 0 Å². The number of aliphatic hydroxyl groups is 5. The van der Waals surface area contributed by atoms with E-state index < -0.39 is 49.5 Å². The maximum absolute atomic E-state index is 12.7. The predicted octanol–water partition coefficient (Wildman–Crippen LogP) is 4.88. The molecule has 7 atom stereocenters. The van der Waals surface area contributed by atoms with Crippen molar-refractivity contribution in [1.82, 2.24) is 5.32 Å². The molecule has 0 radical (unpaired) electrons. The standard InChI is InChI=1S/C33H65NO8/c1-3-5-7-9-11-12-13-14-15-17-18-20-22-27(36)26(34-29(37)23-21-19-16-10-8-6-4-2)25-41-33-32(40)31(39)30(38)28(24-35)42-33/h26-28,30-33,35-36,38-40H,3-25H2,1-2H3,(H,34,37)/t26-,27+,28+,30-,31?,32?,33+/m0/s1. The number of aliphatic hydroxyl groups excluding tert-OH is 5. The lowest BCUT2D eigenvalue weighted by Gasteiger charge is -2.40. The van der Waals surface area contributed by atoms with Crippen LogP contribution in [0.25, 0.3) is 0 Å². The van der Waals surface area contributed by atoms with Crippen LogP contribution in [0.3, 0.4) is 0 Å². The monoisotopic (exact) mass is 603 g/mol. The Kier molecular flexibility index (Phi) is 23.8. The Balaban J connectivity index is 2.46. The molecule has 9 nitrogen and oxygen atoms in total. The van der Waals surface area contributed by atoms with E-state index in [4.69, 9.17) is 9.47 Å². The molecule has 0 aromatic rings. The van der Waals surface area contributed by atoms with E-state index in [2.05, 4.69) is 19.2 Å². The van der Waals surface area contributed by atoms with Crippen molar-refractivity contribution in [2.24, 2.45) is 0 Å². The molecule has 6 N–H and O–H groups in total. The molecule has 0 aromatic heterocycles. The molecule has 0 saturated carbocycles. The van der Waals surface area contributed by atoms with Gasteiger partial charge in [-0.3, -0.25) is 4.79 Å². The summed E-state index contributed by atoms with van der Waals surface area (Å²) in [7, 11) is 0. The van der Waals surface area contributed by atoms with Crippen molar-refractivity contribution in [3.63, 3.8) is 0 Å². The summed E-state index contributed by atoms with van der Waals surface area (Å²) in [5.41, 5.74) is 0. The molecular formula is C33H65NO8. The molecule has 0 aliphatic carbocycles. The van der Waals surface area contributed by atoms with Crippen molar-refractivity contribution >= 4 is 5.91 Å². The summed E-state index contributed by atoms with van der Waals surface area (Å²) >= 11 is 0. The molecule has 2 unspecified atom stereocenters. The SMILES string of the molecule is CCCCCCCCCCCCCC[C@@H](O)[C@H](CO[C@@H]1O[C@H](CO)[C@H](O)C(O)C1O)NC(=O)CCCCCCCCC. The van der Waals surface area contributed by atoms with Gasteiger partial charge < -0.3 is 40.3 Å². The van der Waals surface area contributed by atoms with Crippen molar-refractivity contribution in [3.05, 3.63) is 0 Å². The molecule has 1 heterocycles. The van der Waals surface area contributed by atoms with Crippen LogP contribution in [0.5, 0.6) is 0 Å². The van der Waals surface area contributed by atoms with E-state index in [1.54, 1.807) is 0 Å². The molecule has 0 spiro atoms. The minimum Gasteiger partial charge on any atom is -0.394 e. The van der Waals surface area contributed by atoms with E-state index in [9.17, 15) is 30.3 Å². The summed E-state index contributed by atoms with van der Waals surface area (Å²) in [6.07, 6.45) is 15.6. The summed E-state index contributed by atoms with van der Waals surface area (Å²) in [4.78, 5) is 12.7. The average molecular weight is 604 g/mol. The summed E-state index contributed by atoms with van der Waals surface area (Å²) in [5.74, 6) is -0.153. The second-order valence-electron chi connectivity index (χ2n) is 12.3. The van der Waals surface area contributed by atoms with Crippen molar-refractivity contribution in [3.8, 4) is 0 Å². The second kappa shape index (κ2) is 25.5. The van der Waals surface area contributed by atoms with E-state index in [0.29, 0.717) is 12.8 Å². The molecule has 1 aliphatic heterocycles. The first-order valence-corrected chi connectivity index (χ1v) is 17.2. The number of rotatable bonds is 27. The van der Waals surface area contributed by atoms with Crippen LogP contribution in [0, 0.1) is 0 Å². The van der Waals surface area contributed by atoms with E-state index in [0.717, 1.165) is 38.5 Å². The Hall–Kier alpha value is -0.810. The van der Waals surface area contributed by atoms with Gasteiger partial charge in [0.05, 0.1) is 25.4 Å². The second-order valence-corrected chi connectivity index (χ2v) is 12.3. The lowest BCUT2D eigenvalue weighted by atomic mass is 9.99. The first kappa shape index (κ1) is 39.2. The highest BCUT2D eigenvalue weighted by Gasteiger charge is 2.44. The van der Waals surface area contributed by atoms with Gasteiger partial charge in [-0.05, 0) is 12.8 Å². The van der Waals surface area contributed by atoms with Gasteiger partial charge in [-0.25, -0.2) is 0 Å². The fourth-order valence-corrected chi connectivity index (χ4v) is 5.57. The van der Waals surface area contributed by atoms with Gasteiger partial charge in [-0.1, -0.05) is 129 Å². The van der Waals surface area contributed by atoms with Crippen LogP contribution >= 0.6 is 0 Å². The molecule has 1 rings (SSSR count). The number of hydrogen-bond donors (Lipinski definition) is 6. The molecular weight excluding hydrogens is 538 g/mol. The van der Waals surface area contributed by atoms with Crippen LogP contribution in [-0.2, 0) is 14.3 Å². The molecule has 1 aliphatic rings. The number of amides is 1. The molecule has 42 heavy (non-hydrogen) atoms. The Morgan fingerprint density at radius 2 is 1.19 bits per heavy atom. The van der Waals surface area contributed by atoms with Gasteiger partial charge >= 0.3 is 0 Å². The average Bonchev–Trinajstić information content (AvgIpc) is 2.98. The quantitative estimate of drug-likeness (QED) is 0.0728. The normalized spacial score (nSPS) is 24.0. The highest BCUT2D eigenvalue weighted by atomic mass is 16.7. The van der Waals surface area contributed by atoms with Crippen LogP contribution in [-0.4, -0.2) is 87.5 Å². The first-order valence-electron chi connectivity index (χ1n) is 17.2. The molecule has 1 amide bonds. The highest BCUT2D eigenvalue weighted by molar-refractivity contribution is 5.76. The third kappa shape index (κ3) is 17.5. The van der Waals surface area contributed by atoms with E-state index >= 15 is 0 Å². The third-order valence-electron chi connectivity index (χ3n) is 8.46. The van der Waals surface area contributed by atoms with E-state index in [1.165, 1.54) is 83.5 Å². The zero-order valence-electron chi connectivity index (χ0n) is 26.8. The Morgan fingerprint density at radius 1 is 0.714 bits per heavy atom. The van der Waals surface area contributed by atoms with E-state index in [-0.39, 0.29) is 12.5 Å². The molecule has 9 heteroatoms. The highest BCUT2D eigenvalue weighted by Crippen LogP contribution is 2.23. The summed E-state index contributed by atoms with van der Waals surface area (Å²) in [6.45, 7) is 3.75. The van der Waals surface area contributed by atoms with Gasteiger partial charge in [0.15, 0.2) is 6.29 Å². The van der Waals surface area contributed by atoms with Crippen LogP contribution in [0.2, 0.25) is 0 Å². The molecule has 0 bridgehead atoms. The third-order valence-corrected chi connectivity index (χ3v) is 8.46. The lowest BCUT2D eigenvalue weighted by Crippen LogP contribution is -2.60.